The molecular weight excluding hydrogens is 479 g/mol. The summed E-state index contributed by atoms with van der Waals surface area (Å²) < 4.78 is 36.2. The first-order valence-corrected chi connectivity index (χ1v) is 13.3. The van der Waals surface area contributed by atoms with Crippen molar-refractivity contribution in [3.05, 3.63) is 6.33 Å². The van der Waals surface area contributed by atoms with Crippen molar-refractivity contribution >= 4 is 30.8 Å². The molecule has 0 radical (unpaired) electrons. The number of nitrogens with zero attached hydrogens (tertiary/aromatic N) is 4. The van der Waals surface area contributed by atoms with E-state index in [1.54, 1.807) is 31.7 Å². The monoisotopic (exact) mass is 514 g/mol. The zero-order valence-corrected chi connectivity index (χ0v) is 21.6. The largest absolute Gasteiger partial charge is 0.476 e. The molecule has 2 aromatic heterocycles. The van der Waals surface area contributed by atoms with Crippen molar-refractivity contribution in [1.82, 2.24) is 24.6 Å². The lowest BCUT2D eigenvalue weighted by Gasteiger charge is -2.20. The topological polar surface area (TPSA) is 173 Å². The number of anilines is 1. The van der Waals surface area contributed by atoms with Gasteiger partial charge < -0.3 is 24.8 Å². The number of imidazole rings is 1. The second-order valence-corrected chi connectivity index (χ2v) is 10.5. The Labute approximate surface area is 204 Å². The van der Waals surface area contributed by atoms with Crippen molar-refractivity contribution in [3.8, 4) is 5.88 Å². The first-order chi connectivity index (χ1) is 16.5. The van der Waals surface area contributed by atoms with Crippen molar-refractivity contribution in [1.29, 1.82) is 0 Å². The van der Waals surface area contributed by atoms with Crippen LogP contribution in [0.15, 0.2) is 6.33 Å². The maximum atomic E-state index is 12.3. The van der Waals surface area contributed by atoms with Crippen LogP contribution in [0.3, 0.4) is 0 Å². The predicted octanol–water partition coefficient (Wildman–Crippen LogP) is 2.42. The number of carbonyl (C=O) groups is 1. The molecular formula is C21H35N6O7P. The summed E-state index contributed by atoms with van der Waals surface area (Å²) in [6, 6.07) is -0.550. The standard InChI is InChI=1S/C21H35N6O7P/c1-6-31-18-16-17(24-21(22)25-18)27(11-23-16)19-13(4)9-15(34-19)7-8-33-35(29,30)26-14(5)10-32-20(28)12(2)3/h11-15,19H,6-10H2,1-5H3,(H2,22,24,25)(H2,26,29,30)/t13-,14?,15+,19+/m0/s1. The highest BCUT2D eigenvalue weighted by Crippen LogP contribution is 2.40. The van der Waals surface area contributed by atoms with Gasteiger partial charge in [-0.05, 0) is 26.7 Å². The third-order valence-electron chi connectivity index (χ3n) is 5.45. The van der Waals surface area contributed by atoms with Gasteiger partial charge in [0.1, 0.15) is 12.8 Å². The molecule has 35 heavy (non-hydrogen) atoms. The summed E-state index contributed by atoms with van der Waals surface area (Å²) >= 11 is 0. The van der Waals surface area contributed by atoms with E-state index in [2.05, 4.69) is 20.0 Å². The van der Waals surface area contributed by atoms with Gasteiger partial charge in [-0.25, -0.2) is 14.6 Å². The Hall–Kier alpha value is -2.31. The van der Waals surface area contributed by atoms with Gasteiger partial charge in [-0.15, -0.1) is 0 Å². The number of ether oxygens (including phenoxy) is 3. The quantitative estimate of drug-likeness (QED) is 0.279. The van der Waals surface area contributed by atoms with Gasteiger partial charge in [-0.3, -0.25) is 13.9 Å². The average molecular weight is 515 g/mol. The molecule has 0 aliphatic carbocycles. The minimum atomic E-state index is -4.07. The van der Waals surface area contributed by atoms with E-state index >= 15 is 0 Å². The van der Waals surface area contributed by atoms with Crippen molar-refractivity contribution < 1.29 is 33.0 Å². The number of carbonyl (C=O) groups excluding carboxylic acids is 1. The zero-order valence-electron chi connectivity index (χ0n) is 20.7. The van der Waals surface area contributed by atoms with Crippen LogP contribution in [0.5, 0.6) is 5.88 Å². The molecule has 1 aliphatic heterocycles. The molecule has 0 spiro atoms. The summed E-state index contributed by atoms with van der Waals surface area (Å²) in [7, 11) is -4.07. The summed E-state index contributed by atoms with van der Waals surface area (Å²) in [6.07, 6.45) is 2.22. The normalized spacial score (nSPS) is 22.9. The number of rotatable bonds is 12. The van der Waals surface area contributed by atoms with Gasteiger partial charge >= 0.3 is 13.7 Å². The molecule has 14 heteroatoms. The number of nitrogens with two attached hydrogens (primary N) is 1. The van der Waals surface area contributed by atoms with E-state index in [0.29, 0.717) is 30.1 Å². The molecule has 2 aromatic rings. The van der Waals surface area contributed by atoms with E-state index in [1.165, 1.54) is 0 Å². The fraction of sp³-hybridized carbons (Fsp3) is 0.714. The van der Waals surface area contributed by atoms with Crippen LogP contribution in [0.1, 0.15) is 53.7 Å². The van der Waals surface area contributed by atoms with Crippen LogP contribution in [0.2, 0.25) is 0 Å². The number of fused-ring (bicyclic) bond motifs is 1. The van der Waals surface area contributed by atoms with E-state index < -0.39 is 13.8 Å². The molecule has 3 heterocycles. The third kappa shape index (κ3) is 7.11. The second-order valence-electron chi connectivity index (χ2n) is 8.96. The number of hydrogen-bond acceptors (Lipinski definition) is 10. The highest BCUT2D eigenvalue weighted by molar-refractivity contribution is 7.50. The molecule has 0 aromatic carbocycles. The number of nitrogen functional groups attached to an aromatic ring is 1. The Kier molecular flexibility index (Phi) is 9.05. The Morgan fingerprint density at radius 3 is 2.83 bits per heavy atom. The molecule has 3 rings (SSSR count). The molecule has 0 bridgehead atoms. The van der Waals surface area contributed by atoms with Crippen LogP contribution in [-0.2, 0) is 23.4 Å². The Morgan fingerprint density at radius 2 is 2.14 bits per heavy atom. The first-order valence-electron chi connectivity index (χ1n) is 11.7. The molecule has 2 unspecified atom stereocenters. The summed E-state index contributed by atoms with van der Waals surface area (Å²) in [5, 5.41) is 2.48. The van der Waals surface area contributed by atoms with Crippen LogP contribution in [0.4, 0.5) is 5.95 Å². The maximum Gasteiger partial charge on any atom is 0.403 e. The van der Waals surface area contributed by atoms with Gasteiger partial charge in [-0.2, -0.15) is 9.97 Å². The Balaban J connectivity index is 1.53. The van der Waals surface area contributed by atoms with Crippen LogP contribution >= 0.6 is 7.75 Å². The maximum absolute atomic E-state index is 12.3. The van der Waals surface area contributed by atoms with Crippen LogP contribution in [-0.4, -0.2) is 62.3 Å². The summed E-state index contributed by atoms with van der Waals surface area (Å²) in [6.45, 7) is 9.35. The lowest BCUT2D eigenvalue weighted by molar-refractivity contribution is -0.147. The van der Waals surface area contributed by atoms with Gasteiger partial charge in [0.15, 0.2) is 11.2 Å². The van der Waals surface area contributed by atoms with E-state index in [4.69, 9.17) is 24.5 Å². The second kappa shape index (κ2) is 11.6. The average Bonchev–Trinajstić information content (AvgIpc) is 3.34. The van der Waals surface area contributed by atoms with Gasteiger partial charge in [0.05, 0.1) is 31.6 Å². The van der Waals surface area contributed by atoms with Gasteiger partial charge in [-0.1, -0.05) is 20.8 Å². The molecule has 196 valence electrons. The molecule has 5 atom stereocenters. The van der Waals surface area contributed by atoms with Gasteiger partial charge in [0.25, 0.3) is 0 Å². The third-order valence-corrected chi connectivity index (χ3v) is 6.75. The summed E-state index contributed by atoms with van der Waals surface area (Å²) in [5.74, 6) is -0.113. The molecule has 1 saturated heterocycles. The molecule has 4 N–H and O–H groups in total. The molecule has 0 amide bonds. The van der Waals surface area contributed by atoms with Crippen molar-refractivity contribution in [2.75, 3.05) is 25.6 Å². The first kappa shape index (κ1) is 27.3. The fourth-order valence-electron chi connectivity index (χ4n) is 3.81. The van der Waals surface area contributed by atoms with Crippen molar-refractivity contribution in [3.63, 3.8) is 0 Å². The lowest BCUT2D eigenvalue weighted by Crippen LogP contribution is -2.31. The Morgan fingerprint density at radius 1 is 1.40 bits per heavy atom. The molecule has 0 saturated carbocycles. The fourth-order valence-corrected chi connectivity index (χ4v) is 4.87. The van der Waals surface area contributed by atoms with Crippen molar-refractivity contribution in [2.45, 2.75) is 65.8 Å². The minimum absolute atomic E-state index is 0.0116. The van der Waals surface area contributed by atoms with E-state index in [0.717, 1.165) is 6.42 Å². The SMILES string of the molecule is CCOc1nc(N)nc2c1ncn2[C@@H]1O[C@H](CCOP(=O)(O)NC(C)COC(=O)C(C)C)C[C@@H]1C. The molecule has 1 aliphatic rings. The number of aromatic nitrogens is 4. The van der Waals surface area contributed by atoms with E-state index in [-0.39, 0.29) is 49.3 Å². The van der Waals surface area contributed by atoms with Gasteiger partial charge in [0, 0.05) is 12.0 Å². The van der Waals surface area contributed by atoms with E-state index in [9.17, 15) is 14.3 Å². The molecule has 13 nitrogen and oxygen atoms in total. The molecule has 1 fully saturated rings. The summed E-state index contributed by atoms with van der Waals surface area (Å²) in [5.41, 5.74) is 6.87. The number of nitrogens with one attached hydrogen (secondary N) is 1. The highest BCUT2D eigenvalue weighted by atomic mass is 31.2. The Bertz CT molecular complexity index is 1060. The highest BCUT2D eigenvalue weighted by Gasteiger charge is 2.35. The summed E-state index contributed by atoms with van der Waals surface area (Å²) in [4.78, 5) is 34.4. The smallest absolute Gasteiger partial charge is 0.403 e. The van der Waals surface area contributed by atoms with Crippen molar-refractivity contribution in [2.24, 2.45) is 11.8 Å². The lowest BCUT2D eigenvalue weighted by atomic mass is 10.0. The van der Waals surface area contributed by atoms with Crippen LogP contribution in [0, 0.1) is 11.8 Å². The van der Waals surface area contributed by atoms with Crippen LogP contribution < -0.4 is 15.6 Å². The zero-order chi connectivity index (χ0) is 25.8. The number of hydrogen-bond donors (Lipinski definition) is 3. The van der Waals surface area contributed by atoms with Gasteiger partial charge in [0.2, 0.25) is 11.8 Å². The predicted molar refractivity (Wildman–Crippen MR) is 127 cm³/mol. The minimum Gasteiger partial charge on any atom is -0.476 e. The van der Waals surface area contributed by atoms with Crippen LogP contribution in [0.25, 0.3) is 11.2 Å². The van der Waals surface area contributed by atoms with E-state index in [1.807, 2.05) is 13.8 Å². The number of esters is 1.